The van der Waals surface area contributed by atoms with Crippen LogP contribution >= 0.6 is 0 Å². The van der Waals surface area contributed by atoms with Gasteiger partial charge in [0.25, 0.3) is 5.56 Å². The first-order chi connectivity index (χ1) is 11.8. The van der Waals surface area contributed by atoms with Crippen molar-refractivity contribution < 1.29 is 5.11 Å². The molecule has 1 N–H and O–H groups in total. The summed E-state index contributed by atoms with van der Waals surface area (Å²) in [7, 11) is 0. The van der Waals surface area contributed by atoms with E-state index in [4.69, 9.17) is 0 Å². The van der Waals surface area contributed by atoms with Crippen LogP contribution in [0.4, 0.5) is 0 Å². The van der Waals surface area contributed by atoms with Gasteiger partial charge in [0.05, 0.1) is 36.1 Å². The Labute approximate surface area is 138 Å². The van der Waals surface area contributed by atoms with Gasteiger partial charge < -0.3 is 14.2 Å². The largest absolute Gasteiger partial charge is 0.386 e. The summed E-state index contributed by atoms with van der Waals surface area (Å²) < 4.78 is 3.85. The lowest BCUT2D eigenvalue weighted by Crippen LogP contribution is -2.36. The second-order valence-electron chi connectivity index (χ2n) is 6.56. The van der Waals surface area contributed by atoms with E-state index in [0.717, 1.165) is 12.1 Å². The molecule has 5 rings (SSSR count). The Hall–Kier alpha value is -2.66. The smallest absolute Gasteiger partial charge is 0.250 e. The molecule has 5 heteroatoms. The zero-order valence-corrected chi connectivity index (χ0v) is 13.0. The zero-order valence-electron chi connectivity index (χ0n) is 13.0. The van der Waals surface area contributed by atoms with E-state index in [1.807, 2.05) is 30.7 Å². The van der Waals surface area contributed by atoms with Crippen molar-refractivity contribution in [2.75, 3.05) is 0 Å². The monoisotopic (exact) mass is 319 g/mol. The molecule has 2 aliphatic heterocycles. The van der Waals surface area contributed by atoms with E-state index in [1.54, 1.807) is 16.7 Å². The summed E-state index contributed by atoms with van der Waals surface area (Å²) in [5.41, 5.74) is 4.18. The maximum Gasteiger partial charge on any atom is 0.250 e. The van der Waals surface area contributed by atoms with Crippen LogP contribution in [0.15, 0.2) is 59.8 Å². The average Bonchev–Trinajstić information content (AvgIpc) is 3.17. The molecule has 3 aromatic rings. The Morgan fingerprint density at radius 3 is 2.92 bits per heavy atom. The molecule has 0 amide bonds. The predicted octanol–water partition coefficient (Wildman–Crippen LogP) is 2.37. The van der Waals surface area contributed by atoms with Crippen LogP contribution in [0.1, 0.15) is 29.8 Å². The highest BCUT2D eigenvalue weighted by Gasteiger charge is 2.40. The van der Waals surface area contributed by atoms with Gasteiger partial charge in [0.2, 0.25) is 0 Å². The topological polar surface area (TPSA) is 60.0 Å². The van der Waals surface area contributed by atoms with Crippen molar-refractivity contribution in [2.45, 2.75) is 25.1 Å². The van der Waals surface area contributed by atoms with Crippen LogP contribution in [-0.2, 0) is 6.54 Å². The van der Waals surface area contributed by atoms with Crippen LogP contribution in [-0.4, -0.2) is 19.2 Å². The number of aliphatic hydroxyl groups is 1. The summed E-state index contributed by atoms with van der Waals surface area (Å²) in [5.74, 6) is 0.0170. The van der Waals surface area contributed by atoms with E-state index < -0.39 is 6.10 Å². The molecule has 120 valence electrons. The molecule has 0 bridgehead atoms. The van der Waals surface area contributed by atoms with Crippen LogP contribution in [0.25, 0.3) is 11.3 Å². The molecule has 24 heavy (non-hydrogen) atoms. The van der Waals surface area contributed by atoms with E-state index in [0.29, 0.717) is 12.2 Å². The van der Waals surface area contributed by atoms with Crippen molar-refractivity contribution in [3.05, 3.63) is 76.6 Å². The highest BCUT2D eigenvalue weighted by Crippen LogP contribution is 2.48. The summed E-state index contributed by atoms with van der Waals surface area (Å²) >= 11 is 0. The first-order valence-electron chi connectivity index (χ1n) is 8.24. The Kier molecular flexibility index (Phi) is 2.82. The minimum absolute atomic E-state index is 0.0170. The molecule has 0 spiro atoms. The van der Waals surface area contributed by atoms with Crippen molar-refractivity contribution in [3.8, 4) is 11.3 Å². The van der Waals surface area contributed by atoms with Gasteiger partial charge in [0, 0.05) is 24.1 Å². The van der Waals surface area contributed by atoms with E-state index in [-0.39, 0.29) is 17.5 Å². The second kappa shape index (κ2) is 4.92. The predicted molar refractivity (Wildman–Crippen MR) is 89.6 cm³/mol. The molecule has 0 saturated carbocycles. The molecule has 1 aromatic carbocycles. The maximum absolute atomic E-state index is 12.0. The zero-order chi connectivity index (χ0) is 16.3. The van der Waals surface area contributed by atoms with Gasteiger partial charge in [-0.05, 0) is 18.1 Å². The van der Waals surface area contributed by atoms with Gasteiger partial charge in [-0.25, -0.2) is 4.98 Å². The number of imidazole rings is 1. The summed E-state index contributed by atoms with van der Waals surface area (Å²) in [6, 6.07) is 13.5. The van der Waals surface area contributed by atoms with E-state index >= 15 is 0 Å². The number of rotatable bonds is 1. The number of nitrogens with zero attached hydrogens (tertiary/aromatic N) is 3. The standard InChI is InChI=1S/C19H17N3O2/c23-17-7-3-6-15-19(24)14(8-9-21(15)17)18-13-5-2-1-4-12(13)16-10-20-11-22(16)18/h1-7,10-11,14,18-19,24H,8-9H2/t14-,18+,19-/m0/s1. The highest BCUT2D eigenvalue weighted by molar-refractivity contribution is 5.69. The molecular weight excluding hydrogens is 302 g/mol. The number of hydrogen-bond donors (Lipinski definition) is 1. The molecule has 0 unspecified atom stereocenters. The molecule has 2 aliphatic rings. The summed E-state index contributed by atoms with van der Waals surface area (Å²) in [6.45, 7) is 0.638. The van der Waals surface area contributed by atoms with Gasteiger partial charge in [-0.2, -0.15) is 0 Å². The lowest BCUT2D eigenvalue weighted by molar-refractivity contribution is 0.0536. The van der Waals surface area contributed by atoms with Crippen LogP contribution in [0.3, 0.4) is 0 Å². The second-order valence-corrected chi connectivity index (χ2v) is 6.56. The fourth-order valence-electron chi connectivity index (χ4n) is 4.33. The Balaban J connectivity index is 1.64. The van der Waals surface area contributed by atoms with Gasteiger partial charge in [-0.15, -0.1) is 0 Å². The third-order valence-corrected chi connectivity index (χ3v) is 5.40. The number of benzene rings is 1. The van der Waals surface area contributed by atoms with Crippen molar-refractivity contribution >= 4 is 0 Å². The van der Waals surface area contributed by atoms with Crippen LogP contribution in [0.2, 0.25) is 0 Å². The number of pyridine rings is 1. The van der Waals surface area contributed by atoms with E-state index in [1.165, 1.54) is 11.1 Å². The van der Waals surface area contributed by atoms with Crippen molar-refractivity contribution in [2.24, 2.45) is 5.92 Å². The quantitative estimate of drug-likeness (QED) is 0.749. The molecule has 0 saturated heterocycles. The van der Waals surface area contributed by atoms with Crippen molar-refractivity contribution in [3.63, 3.8) is 0 Å². The Morgan fingerprint density at radius 1 is 1.12 bits per heavy atom. The molecule has 0 radical (unpaired) electrons. The molecule has 3 atom stereocenters. The number of aliphatic hydroxyl groups excluding tert-OH is 1. The van der Waals surface area contributed by atoms with Gasteiger partial charge in [-0.3, -0.25) is 4.79 Å². The van der Waals surface area contributed by atoms with Gasteiger partial charge in [0.15, 0.2) is 0 Å². The number of hydrogen-bond acceptors (Lipinski definition) is 3. The molecule has 4 heterocycles. The van der Waals surface area contributed by atoms with Crippen LogP contribution < -0.4 is 5.56 Å². The lowest BCUT2D eigenvalue weighted by atomic mass is 9.82. The van der Waals surface area contributed by atoms with Crippen molar-refractivity contribution in [1.82, 2.24) is 14.1 Å². The van der Waals surface area contributed by atoms with Crippen molar-refractivity contribution in [1.29, 1.82) is 0 Å². The molecule has 2 aromatic heterocycles. The van der Waals surface area contributed by atoms with E-state index in [2.05, 4.69) is 21.7 Å². The third-order valence-electron chi connectivity index (χ3n) is 5.40. The first kappa shape index (κ1) is 13.7. The summed E-state index contributed by atoms with van der Waals surface area (Å²) in [4.78, 5) is 16.3. The fourth-order valence-corrected chi connectivity index (χ4v) is 4.33. The minimum Gasteiger partial charge on any atom is -0.386 e. The summed E-state index contributed by atoms with van der Waals surface area (Å²) in [6.07, 6.45) is 3.82. The van der Waals surface area contributed by atoms with E-state index in [9.17, 15) is 9.90 Å². The number of fused-ring (bicyclic) bond motifs is 4. The van der Waals surface area contributed by atoms with Gasteiger partial charge >= 0.3 is 0 Å². The van der Waals surface area contributed by atoms with Crippen LogP contribution in [0, 0.1) is 5.92 Å². The van der Waals surface area contributed by atoms with Gasteiger partial charge in [0.1, 0.15) is 0 Å². The average molecular weight is 319 g/mol. The normalized spacial score (nSPS) is 24.3. The Morgan fingerprint density at radius 2 is 2.00 bits per heavy atom. The molecule has 5 nitrogen and oxygen atoms in total. The lowest BCUT2D eigenvalue weighted by Gasteiger charge is -2.35. The first-order valence-corrected chi connectivity index (χ1v) is 8.24. The SMILES string of the molecule is O=c1cccc2n1CC[C@@H]([C@H]1c3ccccc3-c3cncn31)[C@@H]2O. The summed E-state index contributed by atoms with van der Waals surface area (Å²) in [5, 5.41) is 11.0. The van der Waals surface area contributed by atoms with Gasteiger partial charge in [-0.1, -0.05) is 30.3 Å². The number of aromatic nitrogens is 3. The molecule has 0 aliphatic carbocycles. The third kappa shape index (κ3) is 1.73. The highest BCUT2D eigenvalue weighted by atomic mass is 16.3. The molecular formula is C19H17N3O2. The minimum atomic E-state index is -0.668. The fraction of sp³-hybridized carbons (Fsp3) is 0.263. The molecule has 0 fully saturated rings. The Bertz CT molecular complexity index is 988. The van der Waals surface area contributed by atoms with Crippen LogP contribution in [0.5, 0.6) is 0 Å². The maximum atomic E-state index is 12.0.